The summed E-state index contributed by atoms with van der Waals surface area (Å²) in [5.41, 5.74) is -0.107. The fourth-order valence-corrected chi connectivity index (χ4v) is 2.62. The maximum absolute atomic E-state index is 12.9. The van der Waals surface area contributed by atoms with E-state index in [1.807, 2.05) is 0 Å². The first-order valence-corrected chi connectivity index (χ1v) is 7.02. The maximum atomic E-state index is 12.9. The molecule has 1 aliphatic heterocycles. The first kappa shape index (κ1) is 20.9. The van der Waals surface area contributed by atoms with E-state index in [2.05, 4.69) is 10.1 Å². The third-order valence-corrected chi connectivity index (χ3v) is 3.52. The van der Waals surface area contributed by atoms with Crippen molar-refractivity contribution in [1.29, 1.82) is 0 Å². The van der Waals surface area contributed by atoms with Gasteiger partial charge in [0.05, 0.1) is 6.42 Å². The van der Waals surface area contributed by atoms with E-state index >= 15 is 0 Å². The molecule has 0 bridgehead atoms. The van der Waals surface area contributed by atoms with Crippen molar-refractivity contribution in [1.82, 2.24) is 10.2 Å². The molecule has 1 fully saturated rings. The smallest absolute Gasteiger partial charge is 0.405 e. The number of hydrogen-bond donors (Lipinski definition) is 1. The summed E-state index contributed by atoms with van der Waals surface area (Å²) < 4.78 is 80.1. The highest BCUT2D eigenvalue weighted by atomic mass is 35.5. The van der Waals surface area contributed by atoms with E-state index < -0.39 is 30.8 Å². The minimum atomic E-state index is -4.96. The van der Waals surface area contributed by atoms with Crippen LogP contribution in [-0.4, -0.2) is 43.6 Å². The topological polar surface area (TPSA) is 24.5 Å². The van der Waals surface area contributed by atoms with Crippen molar-refractivity contribution in [3.8, 4) is 5.75 Å². The van der Waals surface area contributed by atoms with Gasteiger partial charge in [-0.1, -0.05) is 18.2 Å². The second-order valence-electron chi connectivity index (χ2n) is 5.21. The lowest BCUT2D eigenvalue weighted by Crippen LogP contribution is -2.46. The molecule has 3 nitrogen and oxygen atoms in total. The molecular weight excluding hydrogens is 362 g/mol. The Labute approximate surface area is 141 Å². The number of ether oxygens (including phenoxy) is 1. The van der Waals surface area contributed by atoms with Crippen LogP contribution >= 0.6 is 12.4 Å². The molecule has 1 saturated heterocycles. The second-order valence-corrected chi connectivity index (χ2v) is 5.21. The van der Waals surface area contributed by atoms with Crippen molar-refractivity contribution >= 4 is 12.4 Å². The molecule has 10 heteroatoms. The van der Waals surface area contributed by atoms with E-state index in [1.54, 1.807) is 0 Å². The number of halogens is 7. The van der Waals surface area contributed by atoms with E-state index in [1.165, 1.54) is 23.1 Å². The monoisotopic (exact) mass is 378 g/mol. The number of rotatable bonds is 4. The third-order valence-electron chi connectivity index (χ3n) is 3.52. The standard InChI is InChI=1S/C14H16F6N2O.ClH/c15-13(16,17)9-11(22-7-5-21-6-8-22)10-3-1-2-4-12(10)23-14(18,19)20;/h1-4,11,21H,5-9H2;1H/t11-;/m0./s1. The van der Waals surface area contributed by atoms with Gasteiger partial charge in [0.1, 0.15) is 5.75 Å². The van der Waals surface area contributed by atoms with Gasteiger partial charge in [0, 0.05) is 37.8 Å². The van der Waals surface area contributed by atoms with Crippen LogP contribution in [0.25, 0.3) is 0 Å². The molecule has 1 aromatic carbocycles. The normalized spacial score (nSPS) is 17.9. The number of nitrogens with zero attached hydrogens (tertiary/aromatic N) is 1. The fourth-order valence-electron chi connectivity index (χ4n) is 2.62. The molecule has 0 aromatic heterocycles. The fraction of sp³-hybridized carbons (Fsp3) is 0.571. The van der Waals surface area contributed by atoms with E-state index in [-0.39, 0.29) is 18.0 Å². The summed E-state index contributed by atoms with van der Waals surface area (Å²) in [6.07, 6.45) is -10.7. The van der Waals surface area contributed by atoms with Crippen LogP contribution < -0.4 is 10.1 Å². The van der Waals surface area contributed by atoms with Crippen LogP contribution in [0.15, 0.2) is 24.3 Å². The van der Waals surface area contributed by atoms with Gasteiger partial charge in [-0.25, -0.2) is 0 Å². The minimum absolute atomic E-state index is 0. The maximum Gasteiger partial charge on any atom is 0.573 e. The van der Waals surface area contributed by atoms with Crippen LogP contribution in [0, 0.1) is 0 Å². The minimum Gasteiger partial charge on any atom is -0.405 e. The number of hydrogen-bond acceptors (Lipinski definition) is 3. The molecule has 1 atom stereocenters. The predicted octanol–water partition coefficient (Wildman–Crippen LogP) is 3.91. The Bertz CT molecular complexity index is 517. The van der Waals surface area contributed by atoms with Crippen LogP contribution in [0.3, 0.4) is 0 Å². The summed E-state index contributed by atoms with van der Waals surface area (Å²) in [4.78, 5) is 1.53. The molecule has 138 valence electrons. The summed E-state index contributed by atoms with van der Waals surface area (Å²) >= 11 is 0. The summed E-state index contributed by atoms with van der Waals surface area (Å²) in [6, 6.07) is 3.78. The Kier molecular flexibility index (Phi) is 7.18. The average Bonchev–Trinajstić information content (AvgIpc) is 2.44. The highest BCUT2D eigenvalue weighted by Gasteiger charge is 2.39. The second kappa shape index (κ2) is 8.26. The summed E-state index contributed by atoms with van der Waals surface area (Å²) in [6.45, 7) is 1.61. The van der Waals surface area contributed by atoms with Gasteiger partial charge in [-0.2, -0.15) is 13.2 Å². The average molecular weight is 379 g/mol. The number of alkyl halides is 6. The number of para-hydroxylation sites is 1. The summed E-state index contributed by atoms with van der Waals surface area (Å²) in [5, 5.41) is 3.00. The Morgan fingerprint density at radius 2 is 1.62 bits per heavy atom. The molecule has 0 saturated carbocycles. The van der Waals surface area contributed by atoms with Crippen molar-refractivity contribution < 1.29 is 31.1 Å². The van der Waals surface area contributed by atoms with Crippen LogP contribution in [-0.2, 0) is 0 Å². The van der Waals surface area contributed by atoms with Gasteiger partial charge in [-0.3, -0.25) is 4.90 Å². The summed E-state index contributed by atoms with van der Waals surface area (Å²) in [5.74, 6) is -0.590. The van der Waals surface area contributed by atoms with Gasteiger partial charge in [-0.05, 0) is 6.07 Å². The number of benzene rings is 1. The Morgan fingerprint density at radius 3 is 2.17 bits per heavy atom. The van der Waals surface area contributed by atoms with E-state index in [0.29, 0.717) is 26.2 Å². The molecule has 2 rings (SSSR count). The highest BCUT2D eigenvalue weighted by molar-refractivity contribution is 5.85. The van der Waals surface area contributed by atoms with E-state index in [0.717, 1.165) is 6.07 Å². The SMILES string of the molecule is Cl.FC(F)(F)C[C@@H](c1ccccc1OC(F)(F)F)N1CCNCC1. The zero-order valence-corrected chi connectivity index (χ0v) is 13.3. The van der Waals surface area contributed by atoms with Crippen molar-refractivity contribution in [3.63, 3.8) is 0 Å². The molecule has 1 N–H and O–H groups in total. The van der Waals surface area contributed by atoms with Gasteiger partial charge in [-0.15, -0.1) is 25.6 Å². The zero-order valence-electron chi connectivity index (χ0n) is 12.5. The molecule has 0 aliphatic carbocycles. The van der Waals surface area contributed by atoms with Crippen molar-refractivity contribution in [2.45, 2.75) is 25.0 Å². The van der Waals surface area contributed by atoms with Crippen LogP contribution in [0.5, 0.6) is 5.75 Å². The summed E-state index contributed by atoms with van der Waals surface area (Å²) in [7, 11) is 0. The van der Waals surface area contributed by atoms with Gasteiger partial charge >= 0.3 is 12.5 Å². The molecule has 0 unspecified atom stereocenters. The molecule has 1 heterocycles. The lowest BCUT2D eigenvalue weighted by Gasteiger charge is -2.36. The lowest BCUT2D eigenvalue weighted by atomic mass is 9.99. The molecule has 24 heavy (non-hydrogen) atoms. The molecule has 0 radical (unpaired) electrons. The Morgan fingerprint density at radius 1 is 1.04 bits per heavy atom. The largest absolute Gasteiger partial charge is 0.573 e. The molecule has 1 aliphatic rings. The van der Waals surface area contributed by atoms with Crippen LogP contribution in [0.1, 0.15) is 18.0 Å². The lowest BCUT2D eigenvalue weighted by molar-refractivity contribution is -0.275. The van der Waals surface area contributed by atoms with Crippen molar-refractivity contribution in [2.24, 2.45) is 0 Å². The van der Waals surface area contributed by atoms with Crippen molar-refractivity contribution in [3.05, 3.63) is 29.8 Å². The first-order valence-electron chi connectivity index (χ1n) is 7.02. The first-order chi connectivity index (χ1) is 10.7. The molecular formula is C14H17ClF6N2O. The third kappa shape index (κ3) is 6.37. The van der Waals surface area contributed by atoms with Crippen LogP contribution in [0.4, 0.5) is 26.3 Å². The van der Waals surface area contributed by atoms with Gasteiger partial charge in [0.2, 0.25) is 0 Å². The molecule has 0 spiro atoms. The zero-order chi connectivity index (χ0) is 17.1. The van der Waals surface area contributed by atoms with Gasteiger partial charge in [0.15, 0.2) is 0 Å². The van der Waals surface area contributed by atoms with Gasteiger partial charge in [0.25, 0.3) is 0 Å². The van der Waals surface area contributed by atoms with Crippen molar-refractivity contribution in [2.75, 3.05) is 26.2 Å². The Balaban J connectivity index is 0.00000288. The molecule has 1 aromatic rings. The number of nitrogens with one attached hydrogen (secondary N) is 1. The number of piperazine rings is 1. The van der Waals surface area contributed by atoms with E-state index in [9.17, 15) is 26.3 Å². The van der Waals surface area contributed by atoms with Crippen LogP contribution in [0.2, 0.25) is 0 Å². The Hall–Kier alpha value is -1.19. The van der Waals surface area contributed by atoms with Gasteiger partial charge < -0.3 is 10.1 Å². The predicted molar refractivity (Wildman–Crippen MR) is 78.2 cm³/mol. The highest BCUT2D eigenvalue weighted by Crippen LogP contribution is 2.39. The quantitative estimate of drug-likeness (QED) is 0.804. The molecule has 0 amide bonds. The van der Waals surface area contributed by atoms with E-state index in [4.69, 9.17) is 0 Å².